The average molecular weight is 341 g/mol. The Balaban J connectivity index is 1.46. The molecule has 0 amide bonds. The highest BCUT2D eigenvalue weighted by molar-refractivity contribution is 5.26. The van der Waals surface area contributed by atoms with Gasteiger partial charge >= 0.3 is 0 Å². The third kappa shape index (κ3) is 5.20. The van der Waals surface area contributed by atoms with Crippen LogP contribution < -0.4 is 0 Å². The van der Waals surface area contributed by atoms with E-state index in [1.54, 1.807) is 5.56 Å². The van der Waals surface area contributed by atoms with E-state index in [9.17, 15) is 0 Å². The zero-order valence-corrected chi connectivity index (χ0v) is 16.3. The second-order valence-corrected chi connectivity index (χ2v) is 8.12. The predicted molar refractivity (Wildman–Crippen MR) is 107 cm³/mol. The summed E-state index contributed by atoms with van der Waals surface area (Å²) in [7, 11) is 0. The van der Waals surface area contributed by atoms with Gasteiger partial charge in [0.05, 0.1) is 12.2 Å². The van der Waals surface area contributed by atoms with Crippen LogP contribution in [0.25, 0.3) is 0 Å². The van der Waals surface area contributed by atoms with Gasteiger partial charge < -0.3 is 4.74 Å². The van der Waals surface area contributed by atoms with Gasteiger partial charge in [0.2, 0.25) is 0 Å². The van der Waals surface area contributed by atoms with Gasteiger partial charge in [-0.05, 0) is 87.7 Å². The molecule has 2 atom stereocenters. The van der Waals surface area contributed by atoms with Gasteiger partial charge in [-0.1, -0.05) is 49.8 Å². The standard InChI is InChI=1S/C24H36O/c1-3-5-6-8-19-9-11-20(12-10-19)21-13-15-22(16-14-21)24-18-17-23(25-24)7-4-2/h3,5,9-12,21-24H,4,6-8,13-18H2,1-2H3/b5-3+. The molecule has 0 N–H and O–H groups in total. The van der Waals surface area contributed by atoms with Gasteiger partial charge in [-0.3, -0.25) is 0 Å². The molecule has 1 heterocycles. The van der Waals surface area contributed by atoms with E-state index in [1.807, 2.05) is 0 Å². The Morgan fingerprint density at radius 1 is 1.00 bits per heavy atom. The van der Waals surface area contributed by atoms with Gasteiger partial charge in [0.1, 0.15) is 0 Å². The molecule has 1 saturated heterocycles. The monoisotopic (exact) mass is 340 g/mol. The number of hydrogen-bond acceptors (Lipinski definition) is 1. The van der Waals surface area contributed by atoms with Crippen LogP contribution in [0.15, 0.2) is 36.4 Å². The van der Waals surface area contributed by atoms with Gasteiger partial charge in [0.15, 0.2) is 0 Å². The van der Waals surface area contributed by atoms with Gasteiger partial charge in [-0.15, -0.1) is 0 Å². The molecule has 1 aliphatic heterocycles. The molecule has 3 rings (SSSR count). The van der Waals surface area contributed by atoms with Gasteiger partial charge in [-0.2, -0.15) is 0 Å². The molecular weight excluding hydrogens is 304 g/mol. The van der Waals surface area contributed by atoms with Crippen molar-refractivity contribution in [2.24, 2.45) is 5.92 Å². The van der Waals surface area contributed by atoms with E-state index >= 15 is 0 Å². The molecule has 0 spiro atoms. The Morgan fingerprint density at radius 3 is 2.44 bits per heavy atom. The number of ether oxygens (including phenoxy) is 1. The summed E-state index contributed by atoms with van der Waals surface area (Å²) in [6.45, 7) is 4.37. The lowest BCUT2D eigenvalue weighted by Gasteiger charge is -2.32. The molecule has 1 saturated carbocycles. The Hall–Kier alpha value is -1.08. The fourth-order valence-electron chi connectivity index (χ4n) is 4.81. The van der Waals surface area contributed by atoms with E-state index in [4.69, 9.17) is 4.74 Å². The van der Waals surface area contributed by atoms with Crippen LogP contribution in [0, 0.1) is 5.92 Å². The molecule has 1 aliphatic carbocycles. The zero-order valence-electron chi connectivity index (χ0n) is 16.3. The van der Waals surface area contributed by atoms with Crippen LogP contribution in [-0.2, 0) is 11.2 Å². The van der Waals surface area contributed by atoms with Gasteiger partial charge in [0, 0.05) is 0 Å². The first kappa shape index (κ1) is 18.7. The Morgan fingerprint density at radius 2 is 1.76 bits per heavy atom. The lowest BCUT2D eigenvalue weighted by atomic mass is 9.76. The molecule has 1 aromatic carbocycles. The third-order valence-electron chi connectivity index (χ3n) is 6.34. The maximum absolute atomic E-state index is 6.34. The van der Waals surface area contributed by atoms with Crippen LogP contribution >= 0.6 is 0 Å². The summed E-state index contributed by atoms with van der Waals surface area (Å²) in [6.07, 6.45) is 18.4. The maximum Gasteiger partial charge on any atom is 0.0608 e. The van der Waals surface area contributed by atoms with E-state index in [0.717, 1.165) is 24.7 Å². The highest BCUT2D eigenvalue weighted by Crippen LogP contribution is 2.41. The third-order valence-corrected chi connectivity index (χ3v) is 6.34. The summed E-state index contributed by atoms with van der Waals surface area (Å²) < 4.78 is 6.34. The van der Waals surface area contributed by atoms with Crippen LogP contribution in [0.5, 0.6) is 0 Å². The van der Waals surface area contributed by atoms with Crippen LogP contribution in [0.3, 0.4) is 0 Å². The van der Waals surface area contributed by atoms with Crippen molar-refractivity contribution < 1.29 is 4.74 Å². The summed E-state index contributed by atoms with van der Waals surface area (Å²) in [5.41, 5.74) is 3.03. The summed E-state index contributed by atoms with van der Waals surface area (Å²) in [4.78, 5) is 0. The molecule has 0 bridgehead atoms. The quantitative estimate of drug-likeness (QED) is 0.495. The second kappa shape index (κ2) is 9.57. The Labute approximate surface area is 154 Å². The van der Waals surface area contributed by atoms with Crippen molar-refractivity contribution in [2.45, 2.75) is 96.2 Å². The first-order chi connectivity index (χ1) is 12.3. The topological polar surface area (TPSA) is 9.23 Å². The van der Waals surface area contributed by atoms with E-state index < -0.39 is 0 Å². The van der Waals surface area contributed by atoms with Crippen molar-refractivity contribution in [1.82, 2.24) is 0 Å². The number of hydrogen-bond donors (Lipinski definition) is 0. The summed E-state index contributed by atoms with van der Waals surface area (Å²) >= 11 is 0. The summed E-state index contributed by atoms with van der Waals surface area (Å²) in [5, 5.41) is 0. The minimum absolute atomic E-state index is 0.558. The van der Waals surface area contributed by atoms with Crippen molar-refractivity contribution >= 4 is 0 Å². The maximum atomic E-state index is 6.34. The van der Waals surface area contributed by atoms with Crippen molar-refractivity contribution in [2.75, 3.05) is 0 Å². The highest BCUT2D eigenvalue weighted by atomic mass is 16.5. The molecule has 2 unspecified atom stereocenters. The Kier molecular flexibility index (Phi) is 7.16. The fraction of sp³-hybridized carbons (Fsp3) is 0.667. The van der Waals surface area contributed by atoms with Crippen LogP contribution in [0.1, 0.15) is 88.7 Å². The minimum Gasteiger partial charge on any atom is -0.375 e. The molecular formula is C24H36O. The number of rotatable bonds is 7. The van der Waals surface area contributed by atoms with Crippen molar-refractivity contribution in [3.63, 3.8) is 0 Å². The molecule has 0 aromatic heterocycles. The second-order valence-electron chi connectivity index (χ2n) is 8.12. The van der Waals surface area contributed by atoms with E-state index in [0.29, 0.717) is 12.2 Å². The van der Waals surface area contributed by atoms with E-state index in [2.05, 4.69) is 50.3 Å². The van der Waals surface area contributed by atoms with Crippen LogP contribution in [0.2, 0.25) is 0 Å². The zero-order chi connectivity index (χ0) is 17.5. The summed E-state index contributed by atoms with van der Waals surface area (Å²) in [6, 6.07) is 9.47. The van der Waals surface area contributed by atoms with E-state index in [-0.39, 0.29) is 0 Å². The van der Waals surface area contributed by atoms with Crippen LogP contribution in [0.4, 0.5) is 0 Å². The molecule has 1 heteroatoms. The largest absolute Gasteiger partial charge is 0.375 e. The number of aryl methyl sites for hydroxylation is 1. The highest BCUT2D eigenvalue weighted by Gasteiger charge is 2.33. The van der Waals surface area contributed by atoms with Crippen molar-refractivity contribution in [3.05, 3.63) is 47.5 Å². The van der Waals surface area contributed by atoms with Gasteiger partial charge in [0.25, 0.3) is 0 Å². The minimum atomic E-state index is 0.558. The molecule has 2 aliphatic rings. The predicted octanol–water partition coefficient (Wildman–Crippen LogP) is 6.82. The molecule has 25 heavy (non-hydrogen) atoms. The SMILES string of the molecule is C/C=C/CCc1ccc(C2CCC(C3CCC(CCC)O3)CC2)cc1. The molecule has 1 nitrogen and oxygen atoms in total. The smallest absolute Gasteiger partial charge is 0.0608 e. The molecule has 138 valence electrons. The average Bonchev–Trinajstić information content (AvgIpc) is 3.12. The van der Waals surface area contributed by atoms with Crippen LogP contribution in [-0.4, -0.2) is 12.2 Å². The Bertz CT molecular complexity index is 522. The molecule has 0 radical (unpaired) electrons. The molecule has 1 aromatic rings. The first-order valence-corrected chi connectivity index (χ1v) is 10.7. The summed E-state index contributed by atoms with van der Waals surface area (Å²) in [5.74, 6) is 1.59. The number of allylic oxidation sites excluding steroid dienone is 2. The normalized spacial score (nSPS) is 30.2. The van der Waals surface area contributed by atoms with E-state index in [1.165, 1.54) is 56.9 Å². The van der Waals surface area contributed by atoms with Crippen molar-refractivity contribution in [1.29, 1.82) is 0 Å². The lowest BCUT2D eigenvalue weighted by Crippen LogP contribution is -2.25. The first-order valence-electron chi connectivity index (χ1n) is 10.7. The number of benzene rings is 1. The van der Waals surface area contributed by atoms with Gasteiger partial charge in [-0.25, -0.2) is 0 Å². The molecule has 2 fully saturated rings. The fourth-order valence-corrected chi connectivity index (χ4v) is 4.81. The lowest BCUT2D eigenvalue weighted by molar-refractivity contribution is -0.00426. The van der Waals surface area contributed by atoms with Crippen molar-refractivity contribution in [3.8, 4) is 0 Å².